The number of hydrogen-bond acceptors (Lipinski definition) is 4. The van der Waals surface area contributed by atoms with Crippen LogP contribution < -0.4 is 5.32 Å². The summed E-state index contributed by atoms with van der Waals surface area (Å²) < 4.78 is 26.0. The standard InChI is InChI=1S/C10H20N2O3S/c13-6-3-9-2-5-12(8-9)16(14,15)10-1-4-11-7-10/h9-11,13H,1-8H2. The van der Waals surface area contributed by atoms with E-state index in [0.717, 1.165) is 25.8 Å². The molecule has 0 saturated carbocycles. The maximum Gasteiger partial charge on any atom is 0.218 e. The Balaban J connectivity index is 1.97. The summed E-state index contributed by atoms with van der Waals surface area (Å²) in [6.45, 7) is 2.77. The van der Waals surface area contributed by atoms with E-state index in [-0.39, 0.29) is 11.9 Å². The van der Waals surface area contributed by atoms with Crippen LogP contribution in [0.5, 0.6) is 0 Å². The van der Waals surface area contributed by atoms with Crippen molar-refractivity contribution in [3.8, 4) is 0 Å². The fourth-order valence-electron chi connectivity index (χ4n) is 2.54. The van der Waals surface area contributed by atoms with Crippen molar-refractivity contribution in [3.05, 3.63) is 0 Å². The molecule has 94 valence electrons. The van der Waals surface area contributed by atoms with Gasteiger partial charge in [0.05, 0.1) is 5.25 Å². The van der Waals surface area contributed by atoms with E-state index in [2.05, 4.69) is 5.32 Å². The zero-order chi connectivity index (χ0) is 11.6. The smallest absolute Gasteiger partial charge is 0.218 e. The minimum atomic E-state index is -3.10. The lowest BCUT2D eigenvalue weighted by Gasteiger charge is -2.20. The molecular weight excluding hydrogens is 228 g/mol. The maximum atomic E-state index is 12.2. The minimum Gasteiger partial charge on any atom is -0.396 e. The molecule has 2 rings (SSSR count). The molecule has 2 N–H and O–H groups in total. The van der Waals surface area contributed by atoms with Crippen molar-refractivity contribution in [1.29, 1.82) is 0 Å². The molecular formula is C10H20N2O3S. The Kier molecular flexibility index (Phi) is 3.84. The average Bonchev–Trinajstić information content (AvgIpc) is 2.88. The van der Waals surface area contributed by atoms with Gasteiger partial charge in [0.25, 0.3) is 0 Å². The molecule has 2 atom stereocenters. The second kappa shape index (κ2) is 5.00. The quantitative estimate of drug-likeness (QED) is 0.696. The number of hydrogen-bond donors (Lipinski definition) is 2. The molecule has 16 heavy (non-hydrogen) atoms. The summed E-state index contributed by atoms with van der Waals surface area (Å²) in [7, 11) is -3.10. The second-order valence-corrected chi connectivity index (χ2v) is 6.90. The van der Waals surface area contributed by atoms with Crippen LogP contribution in [0.2, 0.25) is 0 Å². The van der Waals surface area contributed by atoms with Gasteiger partial charge >= 0.3 is 0 Å². The van der Waals surface area contributed by atoms with Crippen LogP contribution in [0.3, 0.4) is 0 Å². The van der Waals surface area contributed by atoms with E-state index in [1.807, 2.05) is 0 Å². The van der Waals surface area contributed by atoms with E-state index >= 15 is 0 Å². The maximum absolute atomic E-state index is 12.2. The largest absolute Gasteiger partial charge is 0.396 e. The molecule has 2 aliphatic rings. The van der Waals surface area contributed by atoms with E-state index in [1.54, 1.807) is 4.31 Å². The molecule has 0 bridgehead atoms. The Bertz CT molecular complexity index is 325. The van der Waals surface area contributed by atoms with Gasteiger partial charge in [0, 0.05) is 26.2 Å². The van der Waals surface area contributed by atoms with E-state index in [1.165, 1.54) is 0 Å². The lowest BCUT2D eigenvalue weighted by molar-refractivity contribution is 0.259. The third-order valence-electron chi connectivity index (χ3n) is 3.58. The normalized spacial score (nSPS) is 32.3. The highest BCUT2D eigenvalue weighted by Crippen LogP contribution is 2.25. The Morgan fingerprint density at radius 3 is 2.81 bits per heavy atom. The number of nitrogens with one attached hydrogen (secondary N) is 1. The molecule has 2 fully saturated rings. The molecule has 6 heteroatoms. The van der Waals surface area contributed by atoms with E-state index < -0.39 is 10.0 Å². The van der Waals surface area contributed by atoms with Gasteiger partial charge in [0.15, 0.2) is 0 Å². The molecule has 0 radical (unpaired) electrons. The number of nitrogens with zero attached hydrogens (tertiary/aromatic N) is 1. The molecule has 0 amide bonds. The molecule has 2 saturated heterocycles. The van der Waals surface area contributed by atoms with Crippen LogP contribution in [0.1, 0.15) is 19.3 Å². The molecule has 5 nitrogen and oxygen atoms in total. The Morgan fingerprint density at radius 2 is 2.19 bits per heavy atom. The molecule has 2 heterocycles. The van der Waals surface area contributed by atoms with Gasteiger partial charge in [-0.15, -0.1) is 0 Å². The van der Waals surface area contributed by atoms with Crippen molar-refractivity contribution in [2.45, 2.75) is 24.5 Å². The molecule has 0 aromatic carbocycles. The molecule has 0 aromatic heterocycles. The Labute approximate surface area is 96.9 Å². The van der Waals surface area contributed by atoms with Gasteiger partial charge < -0.3 is 10.4 Å². The van der Waals surface area contributed by atoms with Crippen molar-refractivity contribution < 1.29 is 13.5 Å². The van der Waals surface area contributed by atoms with E-state index in [9.17, 15) is 8.42 Å². The van der Waals surface area contributed by atoms with Gasteiger partial charge in [-0.25, -0.2) is 12.7 Å². The molecule has 2 aliphatic heterocycles. The summed E-state index contributed by atoms with van der Waals surface area (Å²) >= 11 is 0. The molecule has 0 aromatic rings. The van der Waals surface area contributed by atoms with Crippen molar-refractivity contribution in [2.24, 2.45) is 5.92 Å². The number of aliphatic hydroxyl groups is 1. The first-order valence-corrected chi connectivity index (χ1v) is 7.45. The van der Waals surface area contributed by atoms with Crippen molar-refractivity contribution in [2.75, 3.05) is 32.8 Å². The molecule has 0 aliphatic carbocycles. The number of aliphatic hydroxyl groups excluding tert-OH is 1. The van der Waals surface area contributed by atoms with Crippen molar-refractivity contribution in [1.82, 2.24) is 9.62 Å². The highest BCUT2D eigenvalue weighted by molar-refractivity contribution is 7.89. The Morgan fingerprint density at radius 1 is 1.38 bits per heavy atom. The molecule has 0 spiro atoms. The highest BCUT2D eigenvalue weighted by Gasteiger charge is 2.37. The summed E-state index contributed by atoms with van der Waals surface area (Å²) in [4.78, 5) is 0. The van der Waals surface area contributed by atoms with Crippen LogP contribution in [0.4, 0.5) is 0 Å². The first kappa shape index (κ1) is 12.3. The third-order valence-corrected chi connectivity index (χ3v) is 5.88. The van der Waals surface area contributed by atoms with Crippen LogP contribution >= 0.6 is 0 Å². The Hall–Kier alpha value is -0.170. The fourth-order valence-corrected chi connectivity index (χ4v) is 4.48. The van der Waals surface area contributed by atoms with Gasteiger partial charge in [0.2, 0.25) is 10.0 Å². The van der Waals surface area contributed by atoms with Crippen LogP contribution in [0.15, 0.2) is 0 Å². The first-order chi connectivity index (χ1) is 7.64. The topological polar surface area (TPSA) is 69.6 Å². The van der Waals surface area contributed by atoms with Gasteiger partial charge in [-0.1, -0.05) is 0 Å². The molecule has 2 unspecified atom stereocenters. The van der Waals surface area contributed by atoms with Gasteiger partial charge in [-0.3, -0.25) is 0 Å². The van der Waals surface area contributed by atoms with Crippen LogP contribution in [0.25, 0.3) is 0 Å². The van der Waals surface area contributed by atoms with Crippen LogP contribution in [-0.4, -0.2) is 55.9 Å². The van der Waals surface area contributed by atoms with Crippen LogP contribution in [0, 0.1) is 5.92 Å². The second-order valence-electron chi connectivity index (χ2n) is 4.68. The summed E-state index contributed by atoms with van der Waals surface area (Å²) in [5, 5.41) is 11.7. The highest BCUT2D eigenvalue weighted by atomic mass is 32.2. The minimum absolute atomic E-state index is 0.156. The fraction of sp³-hybridized carbons (Fsp3) is 1.00. The summed E-state index contributed by atoms with van der Waals surface area (Å²) in [5.74, 6) is 0.342. The van der Waals surface area contributed by atoms with Crippen LogP contribution in [-0.2, 0) is 10.0 Å². The summed E-state index contributed by atoms with van der Waals surface area (Å²) in [6, 6.07) is 0. The number of rotatable bonds is 4. The van der Waals surface area contributed by atoms with Gasteiger partial charge in [-0.2, -0.15) is 0 Å². The summed E-state index contributed by atoms with van der Waals surface area (Å²) in [6.07, 6.45) is 2.33. The zero-order valence-electron chi connectivity index (χ0n) is 9.43. The van der Waals surface area contributed by atoms with E-state index in [4.69, 9.17) is 5.11 Å². The predicted octanol–water partition coefficient (Wildman–Crippen LogP) is -0.618. The number of sulfonamides is 1. The third kappa shape index (κ3) is 2.40. The van der Waals surface area contributed by atoms with Gasteiger partial charge in [0.1, 0.15) is 0 Å². The van der Waals surface area contributed by atoms with Crippen molar-refractivity contribution >= 4 is 10.0 Å². The lowest BCUT2D eigenvalue weighted by Crippen LogP contribution is -2.38. The predicted molar refractivity (Wildman–Crippen MR) is 61.6 cm³/mol. The first-order valence-electron chi connectivity index (χ1n) is 5.95. The monoisotopic (exact) mass is 248 g/mol. The van der Waals surface area contributed by atoms with Crippen molar-refractivity contribution in [3.63, 3.8) is 0 Å². The van der Waals surface area contributed by atoms with E-state index in [0.29, 0.717) is 25.6 Å². The summed E-state index contributed by atoms with van der Waals surface area (Å²) in [5.41, 5.74) is 0. The average molecular weight is 248 g/mol. The SMILES string of the molecule is O=S(=O)(C1CCNC1)N1CCC(CCO)C1. The lowest BCUT2D eigenvalue weighted by atomic mass is 10.1. The zero-order valence-corrected chi connectivity index (χ0v) is 10.2. The van der Waals surface area contributed by atoms with Gasteiger partial charge in [-0.05, 0) is 31.7 Å².